The highest BCUT2D eigenvalue weighted by Crippen LogP contribution is 2.39. The SMILES string of the molecule is OC1CC(C(Nc2ccc(C(F)(F)F)cn2)c2ccccn2)C1. The molecule has 0 bridgehead atoms. The standard InChI is InChI=1S/C16H16F3N3O/c17-16(18,19)11-4-5-14(21-9-11)22-15(10-7-12(23)8-10)13-3-1-2-6-20-13/h1-6,9-10,12,15,23H,7-8H2,(H,21,22). The third kappa shape index (κ3) is 3.61. The molecule has 122 valence electrons. The van der Waals surface area contributed by atoms with Crippen molar-refractivity contribution < 1.29 is 18.3 Å². The average molecular weight is 323 g/mol. The Morgan fingerprint density at radius 3 is 2.43 bits per heavy atom. The first-order chi connectivity index (χ1) is 10.9. The number of nitrogens with zero attached hydrogens (tertiary/aromatic N) is 2. The molecule has 0 radical (unpaired) electrons. The van der Waals surface area contributed by atoms with Gasteiger partial charge in [-0.15, -0.1) is 0 Å². The van der Waals surface area contributed by atoms with Gasteiger partial charge in [0.2, 0.25) is 0 Å². The highest BCUT2D eigenvalue weighted by atomic mass is 19.4. The van der Waals surface area contributed by atoms with Crippen molar-refractivity contribution in [3.05, 3.63) is 54.0 Å². The molecule has 1 aliphatic carbocycles. The van der Waals surface area contributed by atoms with E-state index in [1.54, 1.807) is 12.3 Å². The first kappa shape index (κ1) is 15.7. The lowest BCUT2D eigenvalue weighted by molar-refractivity contribution is -0.137. The summed E-state index contributed by atoms with van der Waals surface area (Å²) in [6, 6.07) is 7.63. The maximum atomic E-state index is 12.6. The van der Waals surface area contributed by atoms with Crippen LogP contribution in [0, 0.1) is 5.92 Å². The van der Waals surface area contributed by atoms with Crippen molar-refractivity contribution in [1.29, 1.82) is 0 Å². The molecule has 1 fully saturated rings. The topological polar surface area (TPSA) is 58.0 Å². The fourth-order valence-electron chi connectivity index (χ4n) is 2.70. The van der Waals surface area contributed by atoms with Crippen LogP contribution in [0.3, 0.4) is 0 Å². The molecule has 1 atom stereocenters. The van der Waals surface area contributed by atoms with Crippen molar-refractivity contribution in [3.63, 3.8) is 0 Å². The van der Waals surface area contributed by atoms with E-state index in [0.29, 0.717) is 18.7 Å². The van der Waals surface area contributed by atoms with Gasteiger partial charge in [0.1, 0.15) is 5.82 Å². The summed E-state index contributed by atoms with van der Waals surface area (Å²) in [7, 11) is 0. The summed E-state index contributed by atoms with van der Waals surface area (Å²) in [6.07, 6.45) is -0.978. The number of hydrogen-bond acceptors (Lipinski definition) is 4. The number of aromatic nitrogens is 2. The molecule has 1 aliphatic rings. The molecular weight excluding hydrogens is 307 g/mol. The molecule has 2 aromatic heterocycles. The summed E-state index contributed by atoms with van der Waals surface area (Å²) < 4.78 is 37.8. The van der Waals surface area contributed by atoms with Crippen molar-refractivity contribution >= 4 is 5.82 Å². The Morgan fingerprint density at radius 2 is 1.91 bits per heavy atom. The molecule has 0 amide bonds. The van der Waals surface area contributed by atoms with E-state index in [-0.39, 0.29) is 18.1 Å². The molecule has 1 unspecified atom stereocenters. The quantitative estimate of drug-likeness (QED) is 0.905. The van der Waals surface area contributed by atoms with E-state index in [9.17, 15) is 18.3 Å². The lowest BCUT2D eigenvalue weighted by atomic mass is 9.76. The Labute approximate surface area is 131 Å². The molecule has 0 aromatic carbocycles. The van der Waals surface area contributed by atoms with E-state index in [2.05, 4.69) is 15.3 Å². The average Bonchev–Trinajstić information content (AvgIpc) is 2.50. The van der Waals surface area contributed by atoms with E-state index in [0.717, 1.165) is 18.0 Å². The maximum Gasteiger partial charge on any atom is 0.417 e. The Morgan fingerprint density at radius 1 is 1.13 bits per heavy atom. The minimum atomic E-state index is -4.40. The molecular formula is C16H16F3N3O. The first-order valence-corrected chi connectivity index (χ1v) is 7.32. The fraction of sp³-hybridized carbons (Fsp3) is 0.375. The number of hydrogen-bond donors (Lipinski definition) is 2. The largest absolute Gasteiger partial charge is 0.417 e. The number of alkyl halides is 3. The van der Waals surface area contributed by atoms with Crippen molar-refractivity contribution in [3.8, 4) is 0 Å². The number of halogens is 3. The highest BCUT2D eigenvalue weighted by molar-refractivity contribution is 5.39. The van der Waals surface area contributed by atoms with E-state index in [1.165, 1.54) is 6.07 Å². The Kier molecular flexibility index (Phi) is 4.21. The van der Waals surface area contributed by atoms with E-state index < -0.39 is 11.7 Å². The van der Waals surface area contributed by atoms with Gasteiger partial charge in [-0.2, -0.15) is 13.2 Å². The van der Waals surface area contributed by atoms with Gasteiger partial charge in [-0.25, -0.2) is 4.98 Å². The molecule has 0 saturated heterocycles. The van der Waals surface area contributed by atoms with Gasteiger partial charge in [0, 0.05) is 12.4 Å². The van der Waals surface area contributed by atoms with E-state index >= 15 is 0 Å². The van der Waals surface area contributed by atoms with Crippen molar-refractivity contribution in [2.24, 2.45) is 5.92 Å². The Hall–Kier alpha value is -2.15. The van der Waals surface area contributed by atoms with Crippen LogP contribution in [0.25, 0.3) is 0 Å². The number of rotatable bonds is 4. The smallest absolute Gasteiger partial charge is 0.393 e. The maximum absolute atomic E-state index is 12.6. The number of pyridine rings is 2. The molecule has 2 N–H and O–H groups in total. The molecule has 2 aromatic rings. The zero-order chi connectivity index (χ0) is 16.4. The van der Waals surface area contributed by atoms with Gasteiger partial charge in [-0.1, -0.05) is 6.07 Å². The van der Waals surface area contributed by atoms with Crippen LogP contribution in [0.4, 0.5) is 19.0 Å². The number of aliphatic hydroxyl groups is 1. The molecule has 3 rings (SSSR count). The summed E-state index contributed by atoms with van der Waals surface area (Å²) in [5.74, 6) is 0.527. The number of anilines is 1. The second-order valence-corrected chi connectivity index (χ2v) is 5.69. The molecule has 2 heterocycles. The predicted octanol–water partition coefficient (Wildman–Crippen LogP) is 3.42. The molecule has 1 saturated carbocycles. The minimum absolute atomic E-state index is 0.170. The second kappa shape index (κ2) is 6.16. The van der Waals surface area contributed by atoms with Gasteiger partial charge in [0.15, 0.2) is 0 Å². The van der Waals surface area contributed by atoms with Gasteiger partial charge in [0.25, 0.3) is 0 Å². The van der Waals surface area contributed by atoms with Gasteiger partial charge >= 0.3 is 6.18 Å². The third-order valence-electron chi connectivity index (χ3n) is 4.02. The van der Waals surface area contributed by atoms with Gasteiger partial charge < -0.3 is 10.4 Å². The van der Waals surface area contributed by atoms with Crippen molar-refractivity contribution in [2.45, 2.75) is 31.2 Å². The van der Waals surface area contributed by atoms with E-state index in [1.807, 2.05) is 12.1 Å². The van der Waals surface area contributed by atoms with Crippen molar-refractivity contribution in [1.82, 2.24) is 9.97 Å². The van der Waals surface area contributed by atoms with Crippen LogP contribution in [-0.2, 0) is 6.18 Å². The van der Waals surface area contributed by atoms with Crippen LogP contribution in [0.5, 0.6) is 0 Å². The van der Waals surface area contributed by atoms with Crippen LogP contribution >= 0.6 is 0 Å². The van der Waals surface area contributed by atoms with Gasteiger partial charge in [-0.05, 0) is 43.0 Å². The lowest BCUT2D eigenvalue weighted by Crippen LogP contribution is -2.36. The van der Waals surface area contributed by atoms with Crippen LogP contribution in [0.2, 0.25) is 0 Å². The summed E-state index contributed by atoms with van der Waals surface area (Å²) in [5, 5.41) is 12.7. The van der Waals surface area contributed by atoms with Crippen molar-refractivity contribution in [2.75, 3.05) is 5.32 Å². The zero-order valence-electron chi connectivity index (χ0n) is 12.2. The summed E-state index contributed by atoms with van der Waals surface area (Å²) in [4.78, 5) is 8.16. The van der Waals surface area contributed by atoms with Crippen LogP contribution in [0.15, 0.2) is 42.7 Å². The van der Waals surface area contributed by atoms with Crippen LogP contribution in [-0.4, -0.2) is 21.2 Å². The number of nitrogens with one attached hydrogen (secondary N) is 1. The van der Waals surface area contributed by atoms with Gasteiger partial charge in [-0.3, -0.25) is 4.98 Å². The number of aliphatic hydroxyl groups excluding tert-OH is 1. The van der Waals surface area contributed by atoms with Gasteiger partial charge in [0.05, 0.1) is 23.4 Å². The lowest BCUT2D eigenvalue weighted by Gasteiger charge is -2.38. The zero-order valence-corrected chi connectivity index (χ0v) is 12.2. The molecule has 7 heteroatoms. The molecule has 4 nitrogen and oxygen atoms in total. The normalized spacial score (nSPS) is 22.3. The van der Waals surface area contributed by atoms with E-state index in [4.69, 9.17) is 0 Å². The second-order valence-electron chi connectivity index (χ2n) is 5.69. The summed E-state index contributed by atoms with van der Waals surface area (Å²) in [6.45, 7) is 0. The Bertz CT molecular complexity index is 640. The van der Waals surface area contributed by atoms with Crippen LogP contribution in [0.1, 0.15) is 30.1 Å². The third-order valence-corrected chi connectivity index (χ3v) is 4.02. The predicted molar refractivity (Wildman–Crippen MR) is 78.6 cm³/mol. The minimum Gasteiger partial charge on any atom is -0.393 e. The molecule has 23 heavy (non-hydrogen) atoms. The molecule has 0 spiro atoms. The van der Waals surface area contributed by atoms with Crippen LogP contribution < -0.4 is 5.32 Å². The monoisotopic (exact) mass is 323 g/mol. The summed E-state index contributed by atoms with van der Waals surface area (Å²) >= 11 is 0. The fourth-order valence-corrected chi connectivity index (χ4v) is 2.70. The molecule has 0 aliphatic heterocycles. The Balaban J connectivity index is 1.79. The highest BCUT2D eigenvalue weighted by Gasteiger charge is 2.36. The first-order valence-electron chi connectivity index (χ1n) is 7.32. The summed E-state index contributed by atoms with van der Waals surface area (Å²) in [5.41, 5.74) is 0.00241.